The molecular weight excluding hydrogens is 614 g/mol. The summed E-state index contributed by atoms with van der Waals surface area (Å²) < 4.78 is 0. The summed E-state index contributed by atoms with van der Waals surface area (Å²) >= 11 is 0. The summed E-state index contributed by atoms with van der Waals surface area (Å²) in [6, 6.07) is 9.49. The maximum absolute atomic E-state index is 11.6. The van der Waals surface area contributed by atoms with Crippen molar-refractivity contribution in [3.8, 4) is 0 Å². The van der Waals surface area contributed by atoms with Gasteiger partial charge in [-0.25, -0.2) is 0 Å². The van der Waals surface area contributed by atoms with Crippen LogP contribution in [-0.2, 0) is 97.4 Å². The van der Waals surface area contributed by atoms with E-state index >= 15 is 0 Å². The van der Waals surface area contributed by atoms with Crippen molar-refractivity contribution in [3.63, 3.8) is 0 Å². The smallest absolute Gasteiger partial charge is 0.133 e. The van der Waals surface area contributed by atoms with E-state index in [2.05, 4.69) is 38.1 Å². The van der Waals surface area contributed by atoms with Gasteiger partial charge in [-0.3, -0.25) is 19.2 Å². The number of carbonyl (C=O) groups excluding carboxylic acids is 4. The first-order chi connectivity index (χ1) is 15.9. The third kappa shape index (κ3) is 28.9. The van der Waals surface area contributed by atoms with Crippen molar-refractivity contribution in [3.05, 3.63) is 56.7 Å². The Morgan fingerprint density at radius 3 is 1.22 bits per heavy atom. The Hall–Kier alpha value is 0.108. The Bertz CT molecular complexity index is 662. The molecule has 0 N–H and O–H groups in total. The summed E-state index contributed by atoms with van der Waals surface area (Å²) in [4.78, 5) is 45.9. The Morgan fingerprint density at radius 1 is 0.595 bits per heavy atom. The molecule has 6 heteroatoms. The first-order valence-electron chi connectivity index (χ1n) is 12.7. The van der Waals surface area contributed by atoms with E-state index in [0.717, 1.165) is 25.7 Å². The average Bonchev–Trinajstić information content (AvgIpc) is 2.82. The molecule has 0 aliphatic rings. The van der Waals surface area contributed by atoms with E-state index in [1.807, 2.05) is 20.3 Å². The topological polar surface area (TPSA) is 68.3 Å². The van der Waals surface area contributed by atoms with Gasteiger partial charge in [-0.05, 0) is 25.7 Å². The molecule has 4 nitrogen and oxygen atoms in total. The third-order valence-corrected chi connectivity index (χ3v) is 5.40. The molecule has 37 heavy (non-hydrogen) atoms. The van der Waals surface area contributed by atoms with E-state index in [9.17, 15) is 19.2 Å². The van der Waals surface area contributed by atoms with Gasteiger partial charge in [0.15, 0.2) is 0 Å². The van der Waals surface area contributed by atoms with E-state index in [0.29, 0.717) is 64.2 Å². The maximum atomic E-state index is 11.6. The van der Waals surface area contributed by atoms with Crippen LogP contribution >= 0.6 is 0 Å². The van der Waals surface area contributed by atoms with E-state index in [4.69, 9.17) is 0 Å². The second-order valence-corrected chi connectivity index (χ2v) is 8.48. The van der Waals surface area contributed by atoms with Crippen molar-refractivity contribution in [1.82, 2.24) is 0 Å². The van der Waals surface area contributed by atoms with Gasteiger partial charge in [0.25, 0.3) is 0 Å². The summed E-state index contributed by atoms with van der Waals surface area (Å²) in [5, 5.41) is 0. The molecule has 2 radical (unpaired) electrons. The van der Waals surface area contributed by atoms with Crippen LogP contribution in [0.15, 0.2) is 18.2 Å². The number of hydrogen-bond donors (Lipinski definition) is 0. The molecule has 1 rings (SSSR count). The van der Waals surface area contributed by atoms with Crippen molar-refractivity contribution >= 4 is 23.1 Å². The van der Waals surface area contributed by atoms with Crippen LogP contribution < -0.4 is 0 Å². The van der Waals surface area contributed by atoms with Crippen LogP contribution in [0.4, 0.5) is 0 Å². The molecule has 208 valence electrons. The standard InChI is InChI=1S/C19H31O4.C10H13.2CH3.2Y/c1-3-8-16(20)12-14-18(22)10-6-5-7-11-19(23)15-13-17(21)9-4-2;1-3-9-6-5-7-10(4-2)8-9;;;;/h5H,3-4,6-15H2,1-2H3;6-8H,3-4H2,1-2H3;2*1H3;;/q4*-1;;. The molecule has 0 bridgehead atoms. The van der Waals surface area contributed by atoms with Crippen molar-refractivity contribution in [1.29, 1.82) is 0 Å². The van der Waals surface area contributed by atoms with Crippen molar-refractivity contribution in [2.45, 2.75) is 118 Å². The number of hydrogen-bond acceptors (Lipinski definition) is 4. The average molecular weight is 665 g/mol. The maximum Gasteiger partial charge on any atom is 0.133 e. The zero-order valence-corrected chi connectivity index (χ0v) is 30.2. The SMILES string of the molecule is CCCC(=O)CCC(=O)CC[CH-]CCC(=O)CCC(=O)CCC.CCc1c[c-]cc(CC)c1.[CH3-].[CH3-].[Y].[Y]. The van der Waals surface area contributed by atoms with Crippen molar-refractivity contribution in [2.75, 3.05) is 0 Å². The number of benzene rings is 1. The van der Waals surface area contributed by atoms with Gasteiger partial charge in [0.2, 0.25) is 0 Å². The molecule has 0 aromatic heterocycles. The van der Waals surface area contributed by atoms with Crippen molar-refractivity contribution in [2.24, 2.45) is 0 Å². The first-order valence-corrected chi connectivity index (χ1v) is 12.7. The van der Waals surface area contributed by atoms with Crippen LogP contribution in [0.25, 0.3) is 0 Å². The monoisotopic (exact) mass is 664 g/mol. The van der Waals surface area contributed by atoms with Crippen LogP contribution in [0.1, 0.15) is 116 Å². The normalized spacial score (nSPS) is 9.19. The third-order valence-electron chi connectivity index (χ3n) is 5.40. The van der Waals surface area contributed by atoms with Gasteiger partial charge >= 0.3 is 0 Å². The molecule has 0 aliphatic heterocycles. The van der Waals surface area contributed by atoms with E-state index < -0.39 is 0 Å². The number of ketones is 4. The second kappa shape index (κ2) is 32.3. The molecule has 0 saturated heterocycles. The predicted octanol–water partition coefficient (Wildman–Crippen LogP) is 7.70. The summed E-state index contributed by atoms with van der Waals surface area (Å²) in [6.45, 7) is 8.25. The molecule has 1 aromatic rings. The quantitative estimate of drug-likeness (QED) is 0.119. The van der Waals surface area contributed by atoms with Gasteiger partial charge in [0, 0.05) is 104 Å². The summed E-state index contributed by atoms with van der Waals surface area (Å²) in [5.74, 6) is 0.547. The Labute approximate surface area is 279 Å². The van der Waals surface area contributed by atoms with Crippen LogP contribution in [-0.4, -0.2) is 23.1 Å². The van der Waals surface area contributed by atoms with Crippen LogP contribution in [0.3, 0.4) is 0 Å². The largest absolute Gasteiger partial charge is 0.358 e. The fourth-order valence-electron chi connectivity index (χ4n) is 3.27. The number of Topliss-reactive ketones (excluding diaryl/α,β-unsaturated/α-hetero) is 4. The Kier molecular flexibility index (Phi) is 41.0. The number of aryl methyl sites for hydroxylation is 2. The molecule has 1 aromatic carbocycles. The number of carbonyl (C=O) groups is 4. The minimum atomic E-state index is 0. The Morgan fingerprint density at radius 2 is 0.919 bits per heavy atom. The minimum Gasteiger partial charge on any atom is -0.358 e. The van der Waals surface area contributed by atoms with E-state index in [1.54, 1.807) is 0 Å². The van der Waals surface area contributed by atoms with Crippen molar-refractivity contribution < 1.29 is 84.6 Å². The molecule has 0 atom stereocenters. The van der Waals surface area contributed by atoms with Gasteiger partial charge in [0.05, 0.1) is 0 Å². The van der Waals surface area contributed by atoms with Gasteiger partial charge in [0.1, 0.15) is 23.1 Å². The van der Waals surface area contributed by atoms with Crippen LogP contribution in [0.5, 0.6) is 0 Å². The fourth-order valence-corrected chi connectivity index (χ4v) is 3.27. The summed E-state index contributed by atoms with van der Waals surface area (Å²) in [5.41, 5.74) is 2.78. The zero-order chi connectivity index (χ0) is 24.9. The number of rotatable bonds is 18. The fraction of sp³-hybridized carbons (Fsp3) is 0.581. The first kappa shape index (κ1) is 46.9. The van der Waals surface area contributed by atoms with Gasteiger partial charge in [-0.2, -0.15) is 48.2 Å². The molecule has 0 unspecified atom stereocenters. The van der Waals surface area contributed by atoms with Gasteiger partial charge < -0.3 is 21.3 Å². The number of unbranched alkanes of at least 4 members (excludes halogenated alkanes) is 2. The second-order valence-electron chi connectivity index (χ2n) is 8.48. The van der Waals surface area contributed by atoms with E-state index in [-0.39, 0.29) is 103 Å². The molecule has 0 aliphatic carbocycles. The molecule has 0 spiro atoms. The molecule has 0 heterocycles. The van der Waals surface area contributed by atoms with Crippen LogP contribution in [0.2, 0.25) is 0 Å². The Balaban J connectivity index is -0.000000207. The van der Waals surface area contributed by atoms with Gasteiger partial charge in [-0.1, -0.05) is 40.5 Å². The van der Waals surface area contributed by atoms with Crippen LogP contribution in [0, 0.1) is 27.3 Å². The zero-order valence-electron chi connectivity index (χ0n) is 24.5. The minimum absolute atomic E-state index is 0. The van der Waals surface area contributed by atoms with E-state index in [1.165, 1.54) is 11.1 Å². The summed E-state index contributed by atoms with van der Waals surface area (Å²) in [6.07, 6.45) is 10.6. The predicted molar refractivity (Wildman–Crippen MR) is 148 cm³/mol. The molecule has 0 fully saturated rings. The van der Waals surface area contributed by atoms with Gasteiger partial charge in [-0.15, -0.1) is 0 Å². The molecule has 0 saturated carbocycles. The molecule has 0 amide bonds. The molecular formula is C31H50O4Y2-4. The summed E-state index contributed by atoms with van der Waals surface area (Å²) in [7, 11) is 0.